The Hall–Kier alpha value is -0.940. The van der Waals surface area contributed by atoms with Gasteiger partial charge in [0.05, 0.1) is 6.61 Å². The number of aliphatic hydroxyl groups excluding tert-OH is 1. The van der Waals surface area contributed by atoms with Crippen molar-refractivity contribution < 1.29 is 9.52 Å². The van der Waals surface area contributed by atoms with Crippen molar-refractivity contribution in [1.29, 1.82) is 0 Å². The lowest BCUT2D eigenvalue weighted by molar-refractivity contribution is 0.242. The molecule has 3 N–H and O–H groups in total. The standard InChI is InChI=1S/C8H15N3O2/c1-8(2,3)7-11-10-6(13-7)5(9)4-12/h5,12H,4,9H2,1-3H3. The molecular weight excluding hydrogens is 170 g/mol. The number of hydrogen-bond donors (Lipinski definition) is 2. The van der Waals surface area contributed by atoms with Crippen LogP contribution in [0.3, 0.4) is 0 Å². The van der Waals surface area contributed by atoms with Crippen LogP contribution < -0.4 is 5.73 Å². The summed E-state index contributed by atoms with van der Waals surface area (Å²) in [6, 6.07) is -0.580. The Morgan fingerprint density at radius 2 is 2.08 bits per heavy atom. The summed E-state index contributed by atoms with van der Waals surface area (Å²) in [5.74, 6) is 0.818. The molecule has 1 aromatic rings. The second kappa shape index (κ2) is 3.43. The summed E-state index contributed by atoms with van der Waals surface area (Å²) in [5.41, 5.74) is 5.32. The number of nitrogens with two attached hydrogens (primary N) is 1. The average Bonchev–Trinajstić information content (AvgIpc) is 2.50. The van der Waals surface area contributed by atoms with Gasteiger partial charge >= 0.3 is 0 Å². The minimum absolute atomic E-state index is 0.180. The first-order valence-electron chi connectivity index (χ1n) is 4.15. The van der Waals surface area contributed by atoms with Gasteiger partial charge in [-0.1, -0.05) is 20.8 Å². The molecule has 5 heteroatoms. The number of nitrogens with zero attached hydrogens (tertiary/aromatic N) is 2. The van der Waals surface area contributed by atoms with Crippen molar-refractivity contribution in [2.75, 3.05) is 6.61 Å². The molecule has 1 aromatic heterocycles. The summed E-state index contributed by atoms with van der Waals surface area (Å²) in [5, 5.41) is 16.3. The van der Waals surface area contributed by atoms with Crippen LogP contribution in [-0.4, -0.2) is 21.9 Å². The topological polar surface area (TPSA) is 85.2 Å². The molecule has 0 amide bonds. The van der Waals surface area contributed by atoms with Gasteiger partial charge in [-0.2, -0.15) is 0 Å². The lowest BCUT2D eigenvalue weighted by Crippen LogP contribution is -2.15. The third kappa shape index (κ3) is 2.26. The van der Waals surface area contributed by atoms with Crippen LogP contribution in [-0.2, 0) is 5.41 Å². The van der Waals surface area contributed by atoms with E-state index in [1.165, 1.54) is 0 Å². The van der Waals surface area contributed by atoms with Crippen molar-refractivity contribution in [3.63, 3.8) is 0 Å². The fourth-order valence-electron chi connectivity index (χ4n) is 0.766. The zero-order chi connectivity index (χ0) is 10.1. The quantitative estimate of drug-likeness (QED) is 0.694. The van der Waals surface area contributed by atoms with Gasteiger partial charge in [-0.15, -0.1) is 10.2 Å². The van der Waals surface area contributed by atoms with Crippen LogP contribution in [0.25, 0.3) is 0 Å². The van der Waals surface area contributed by atoms with Gasteiger partial charge in [0.15, 0.2) is 0 Å². The number of aliphatic hydroxyl groups is 1. The maximum absolute atomic E-state index is 8.75. The highest BCUT2D eigenvalue weighted by Crippen LogP contribution is 2.21. The Balaban J connectivity index is 2.87. The molecule has 13 heavy (non-hydrogen) atoms. The van der Waals surface area contributed by atoms with Crippen LogP contribution in [0.1, 0.15) is 38.6 Å². The second-order valence-electron chi connectivity index (χ2n) is 3.98. The number of rotatable bonds is 2. The van der Waals surface area contributed by atoms with E-state index < -0.39 is 6.04 Å². The molecule has 1 rings (SSSR count). The monoisotopic (exact) mass is 185 g/mol. The highest BCUT2D eigenvalue weighted by Gasteiger charge is 2.23. The van der Waals surface area contributed by atoms with Crippen LogP contribution in [0, 0.1) is 0 Å². The highest BCUT2D eigenvalue weighted by atomic mass is 16.4. The molecule has 0 aromatic carbocycles. The lowest BCUT2D eigenvalue weighted by Gasteiger charge is -2.11. The first kappa shape index (κ1) is 10.1. The predicted molar refractivity (Wildman–Crippen MR) is 47.0 cm³/mol. The molecule has 1 heterocycles. The SMILES string of the molecule is CC(C)(C)c1nnc(C(N)CO)o1. The van der Waals surface area contributed by atoms with E-state index in [0.29, 0.717) is 5.89 Å². The molecule has 0 fully saturated rings. The molecule has 0 radical (unpaired) electrons. The Labute approximate surface area is 77.0 Å². The maximum atomic E-state index is 8.75. The maximum Gasteiger partial charge on any atom is 0.235 e. The number of hydrogen-bond acceptors (Lipinski definition) is 5. The zero-order valence-electron chi connectivity index (χ0n) is 8.11. The van der Waals surface area contributed by atoms with Crippen molar-refractivity contribution in [1.82, 2.24) is 10.2 Å². The van der Waals surface area contributed by atoms with E-state index >= 15 is 0 Å². The normalized spacial score (nSPS) is 14.5. The smallest absolute Gasteiger partial charge is 0.235 e. The van der Waals surface area contributed by atoms with Crippen LogP contribution in [0.15, 0.2) is 4.42 Å². The molecule has 0 bridgehead atoms. The molecule has 0 saturated heterocycles. The Bertz CT molecular complexity index is 277. The minimum atomic E-state index is -0.580. The van der Waals surface area contributed by atoms with Crippen molar-refractivity contribution in [3.8, 4) is 0 Å². The Morgan fingerprint density at radius 1 is 1.46 bits per heavy atom. The highest BCUT2D eigenvalue weighted by molar-refractivity contribution is 4.97. The van der Waals surface area contributed by atoms with E-state index in [4.69, 9.17) is 15.3 Å². The van der Waals surface area contributed by atoms with Crippen LogP contribution in [0.2, 0.25) is 0 Å². The van der Waals surface area contributed by atoms with Gasteiger partial charge in [-0.25, -0.2) is 0 Å². The molecule has 0 spiro atoms. The van der Waals surface area contributed by atoms with Crippen molar-refractivity contribution >= 4 is 0 Å². The Morgan fingerprint density at radius 3 is 2.46 bits per heavy atom. The van der Waals surface area contributed by atoms with E-state index in [1.807, 2.05) is 20.8 Å². The van der Waals surface area contributed by atoms with E-state index in [2.05, 4.69) is 10.2 Å². The van der Waals surface area contributed by atoms with Crippen LogP contribution in [0.4, 0.5) is 0 Å². The first-order valence-corrected chi connectivity index (χ1v) is 4.15. The molecular formula is C8H15N3O2. The van der Waals surface area contributed by atoms with Gasteiger partial charge in [-0.3, -0.25) is 0 Å². The van der Waals surface area contributed by atoms with Gasteiger partial charge in [0.2, 0.25) is 11.8 Å². The van der Waals surface area contributed by atoms with E-state index in [-0.39, 0.29) is 17.9 Å². The molecule has 1 atom stereocenters. The van der Waals surface area contributed by atoms with Crippen molar-refractivity contribution in [2.45, 2.75) is 32.2 Å². The predicted octanol–water partition coefficient (Wildman–Crippen LogP) is 0.359. The molecule has 0 aliphatic rings. The summed E-state index contributed by atoms with van der Waals surface area (Å²) in [4.78, 5) is 0. The Kier molecular flexibility index (Phi) is 2.68. The van der Waals surface area contributed by atoms with Crippen LogP contribution >= 0.6 is 0 Å². The summed E-state index contributed by atoms with van der Waals surface area (Å²) >= 11 is 0. The zero-order valence-corrected chi connectivity index (χ0v) is 8.11. The van der Waals surface area contributed by atoms with Gasteiger partial charge in [0.1, 0.15) is 6.04 Å². The van der Waals surface area contributed by atoms with Gasteiger partial charge < -0.3 is 15.3 Å². The van der Waals surface area contributed by atoms with Gasteiger partial charge in [-0.05, 0) is 0 Å². The molecule has 0 saturated carbocycles. The molecule has 1 unspecified atom stereocenters. The fourth-order valence-corrected chi connectivity index (χ4v) is 0.766. The summed E-state index contributed by atoms with van der Waals surface area (Å²) in [7, 11) is 0. The van der Waals surface area contributed by atoms with Crippen molar-refractivity contribution in [2.24, 2.45) is 5.73 Å². The second-order valence-corrected chi connectivity index (χ2v) is 3.98. The number of aromatic nitrogens is 2. The largest absolute Gasteiger partial charge is 0.423 e. The van der Waals surface area contributed by atoms with E-state index in [1.54, 1.807) is 0 Å². The molecule has 0 aliphatic carbocycles. The van der Waals surface area contributed by atoms with Gasteiger partial charge in [0.25, 0.3) is 0 Å². The minimum Gasteiger partial charge on any atom is -0.423 e. The molecule has 74 valence electrons. The van der Waals surface area contributed by atoms with Crippen LogP contribution in [0.5, 0.6) is 0 Å². The lowest BCUT2D eigenvalue weighted by atomic mass is 9.97. The summed E-state index contributed by atoms with van der Waals surface area (Å²) < 4.78 is 5.29. The summed E-state index contributed by atoms with van der Waals surface area (Å²) in [6.45, 7) is 5.71. The third-order valence-corrected chi connectivity index (χ3v) is 1.60. The molecule has 5 nitrogen and oxygen atoms in total. The first-order chi connectivity index (χ1) is 5.95. The summed E-state index contributed by atoms with van der Waals surface area (Å²) in [6.07, 6.45) is 0. The van der Waals surface area contributed by atoms with Crippen molar-refractivity contribution in [3.05, 3.63) is 11.8 Å². The fraction of sp³-hybridized carbons (Fsp3) is 0.750. The average molecular weight is 185 g/mol. The van der Waals surface area contributed by atoms with E-state index in [0.717, 1.165) is 0 Å². The third-order valence-electron chi connectivity index (χ3n) is 1.60. The van der Waals surface area contributed by atoms with Gasteiger partial charge in [0, 0.05) is 5.41 Å². The van der Waals surface area contributed by atoms with E-state index in [9.17, 15) is 0 Å². The molecule has 0 aliphatic heterocycles.